The van der Waals surface area contributed by atoms with Crippen LogP contribution >= 0.6 is 11.6 Å². The molecule has 1 aliphatic heterocycles. The second-order valence-corrected chi connectivity index (χ2v) is 5.98. The second kappa shape index (κ2) is 6.93. The SMILES string of the molecule is COc1cccc(N2C[C@@H](C(=O)Nc3ccccc3Cl)CC2=O)c1. The minimum absolute atomic E-state index is 0.0810. The van der Waals surface area contributed by atoms with E-state index < -0.39 is 5.92 Å². The van der Waals surface area contributed by atoms with Crippen molar-refractivity contribution in [1.82, 2.24) is 0 Å². The number of carbonyl (C=O) groups excluding carboxylic acids is 2. The zero-order valence-corrected chi connectivity index (χ0v) is 13.9. The Labute approximate surface area is 145 Å². The molecular formula is C18H17ClN2O3. The maximum absolute atomic E-state index is 12.4. The normalized spacial score (nSPS) is 17.0. The van der Waals surface area contributed by atoms with Gasteiger partial charge in [-0.15, -0.1) is 0 Å². The standard InChI is InChI=1S/C18H17ClN2O3/c1-24-14-6-4-5-13(10-14)21-11-12(9-17(21)22)18(23)20-16-8-3-2-7-15(16)19/h2-8,10,12H,9,11H2,1H3,(H,20,23)/t12-/m0/s1. The van der Waals surface area contributed by atoms with Crippen molar-refractivity contribution in [2.75, 3.05) is 23.9 Å². The Morgan fingerprint density at radius 2 is 2.04 bits per heavy atom. The van der Waals surface area contributed by atoms with E-state index in [1.165, 1.54) is 0 Å². The Kier molecular flexibility index (Phi) is 4.71. The molecule has 24 heavy (non-hydrogen) atoms. The Morgan fingerprint density at radius 3 is 2.79 bits per heavy atom. The van der Waals surface area contributed by atoms with E-state index in [1.54, 1.807) is 42.3 Å². The van der Waals surface area contributed by atoms with Crippen LogP contribution in [0.1, 0.15) is 6.42 Å². The van der Waals surface area contributed by atoms with Crippen LogP contribution in [0.2, 0.25) is 5.02 Å². The van der Waals surface area contributed by atoms with E-state index in [0.717, 1.165) is 5.69 Å². The number of carbonyl (C=O) groups is 2. The van der Waals surface area contributed by atoms with Crippen LogP contribution in [0.3, 0.4) is 0 Å². The zero-order valence-electron chi connectivity index (χ0n) is 13.2. The third-order valence-electron chi connectivity index (χ3n) is 3.99. The third kappa shape index (κ3) is 3.36. The summed E-state index contributed by atoms with van der Waals surface area (Å²) in [6, 6.07) is 14.3. The van der Waals surface area contributed by atoms with Crippen LogP contribution in [0, 0.1) is 5.92 Å². The van der Waals surface area contributed by atoms with Crippen LogP contribution in [0.25, 0.3) is 0 Å². The fourth-order valence-electron chi connectivity index (χ4n) is 2.71. The summed E-state index contributed by atoms with van der Waals surface area (Å²) in [6.07, 6.45) is 0.174. The van der Waals surface area contributed by atoms with E-state index in [9.17, 15) is 9.59 Å². The highest BCUT2D eigenvalue weighted by Crippen LogP contribution is 2.29. The van der Waals surface area contributed by atoms with E-state index in [-0.39, 0.29) is 18.2 Å². The van der Waals surface area contributed by atoms with E-state index >= 15 is 0 Å². The van der Waals surface area contributed by atoms with Gasteiger partial charge < -0.3 is 15.0 Å². The largest absolute Gasteiger partial charge is 0.497 e. The van der Waals surface area contributed by atoms with Crippen LogP contribution in [0.15, 0.2) is 48.5 Å². The van der Waals surface area contributed by atoms with Gasteiger partial charge in [0.1, 0.15) is 5.75 Å². The Morgan fingerprint density at radius 1 is 1.25 bits per heavy atom. The second-order valence-electron chi connectivity index (χ2n) is 5.58. The lowest BCUT2D eigenvalue weighted by Gasteiger charge is -2.17. The Hall–Kier alpha value is -2.53. The molecule has 2 amide bonds. The van der Waals surface area contributed by atoms with Crippen LogP contribution in [0.5, 0.6) is 5.75 Å². The predicted octanol–water partition coefficient (Wildman–Crippen LogP) is 3.34. The van der Waals surface area contributed by atoms with Crippen molar-refractivity contribution in [2.24, 2.45) is 5.92 Å². The van der Waals surface area contributed by atoms with E-state index in [4.69, 9.17) is 16.3 Å². The van der Waals surface area contributed by atoms with E-state index in [1.807, 2.05) is 18.2 Å². The molecule has 2 aromatic rings. The first-order valence-electron chi connectivity index (χ1n) is 7.58. The molecule has 0 aromatic heterocycles. The average molecular weight is 345 g/mol. The molecule has 1 saturated heterocycles. The predicted molar refractivity (Wildman–Crippen MR) is 93.5 cm³/mol. The molecule has 1 aliphatic rings. The Balaban J connectivity index is 1.72. The van der Waals surface area contributed by atoms with Crippen LogP contribution in [-0.2, 0) is 9.59 Å². The molecule has 124 valence electrons. The van der Waals surface area contributed by atoms with Gasteiger partial charge in [0.25, 0.3) is 0 Å². The minimum Gasteiger partial charge on any atom is -0.497 e. The van der Waals surface area contributed by atoms with Gasteiger partial charge in [-0.25, -0.2) is 0 Å². The molecule has 2 aromatic carbocycles. The molecule has 0 aliphatic carbocycles. The van der Waals surface area contributed by atoms with Gasteiger partial charge in [0, 0.05) is 24.7 Å². The number of anilines is 2. The number of hydrogen-bond acceptors (Lipinski definition) is 3. The lowest BCUT2D eigenvalue weighted by atomic mass is 10.1. The van der Waals surface area contributed by atoms with Gasteiger partial charge in [-0.05, 0) is 24.3 Å². The molecule has 0 saturated carbocycles. The fourth-order valence-corrected chi connectivity index (χ4v) is 2.89. The van der Waals surface area contributed by atoms with Gasteiger partial charge in [0.2, 0.25) is 11.8 Å². The molecule has 6 heteroatoms. The van der Waals surface area contributed by atoms with Gasteiger partial charge in [-0.2, -0.15) is 0 Å². The smallest absolute Gasteiger partial charge is 0.229 e. The van der Waals surface area contributed by atoms with Gasteiger partial charge in [0.05, 0.1) is 23.7 Å². The summed E-state index contributed by atoms with van der Waals surface area (Å²) in [4.78, 5) is 26.3. The van der Waals surface area contributed by atoms with Crippen molar-refractivity contribution in [3.05, 3.63) is 53.6 Å². The van der Waals surface area contributed by atoms with Gasteiger partial charge in [-0.3, -0.25) is 9.59 Å². The van der Waals surface area contributed by atoms with Crippen molar-refractivity contribution in [2.45, 2.75) is 6.42 Å². The molecule has 3 rings (SSSR count). The van der Waals surface area contributed by atoms with Crippen LogP contribution < -0.4 is 15.0 Å². The fraction of sp³-hybridized carbons (Fsp3) is 0.222. The summed E-state index contributed by atoms with van der Waals surface area (Å²) in [5.41, 5.74) is 1.28. The first-order valence-corrected chi connectivity index (χ1v) is 7.96. The monoisotopic (exact) mass is 344 g/mol. The molecule has 0 spiro atoms. The highest BCUT2D eigenvalue weighted by molar-refractivity contribution is 6.33. The quantitative estimate of drug-likeness (QED) is 0.925. The molecular weight excluding hydrogens is 328 g/mol. The summed E-state index contributed by atoms with van der Waals surface area (Å²) >= 11 is 6.06. The third-order valence-corrected chi connectivity index (χ3v) is 4.32. The molecule has 1 fully saturated rings. The molecule has 0 bridgehead atoms. The number of halogens is 1. The van der Waals surface area contributed by atoms with Crippen molar-refractivity contribution in [3.8, 4) is 5.75 Å². The van der Waals surface area contributed by atoms with Gasteiger partial charge >= 0.3 is 0 Å². The number of rotatable bonds is 4. The number of benzene rings is 2. The highest BCUT2D eigenvalue weighted by atomic mass is 35.5. The summed E-state index contributed by atoms with van der Waals surface area (Å²) in [6.45, 7) is 0.336. The molecule has 5 nitrogen and oxygen atoms in total. The number of ether oxygens (including phenoxy) is 1. The Bertz CT molecular complexity index is 778. The first-order chi connectivity index (χ1) is 11.6. The summed E-state index contributed by atoms with van der Waals surface area (Å²) in [7, 11) is 1.57. The highest BCUT2D eigenvalue weighted by Gasteiger charge is 2.35. The minimum atomic E-state index is -0.417. The van der Waals surface area contributed by atoms with Crippen LogP contribution in [-0.4, -0.2) is 25.5 Å². The lowest BCUT2D eigenvalue weighted by molar-refractivity contribution is -0.122. The molecule has 0 radical (unpaired) electrons. The number of nitrogens with one attached hydrogen (secondary N) is 1. The van der Waals surface area contributed by atoms with Crippen molar-refractivity contribution in [3.63, 3.8) is 0 Å². The zero-order chi connectivity index (χ0) is 17.1. The summed E-state index contributed by atoms with van der Waals surface area (Å²) in [5.74, 6) is -0.0337. The number of hydrogen-bond donors (Lipinski definition) is 1. The summed E-state index contributed by atoms with van der Waals surface area (Å²) in [5, 5.41) is 3.26. The lowest BCUT2D eigenvalue weighted by Crippen LogP contribution is -2.28. The van der Waals surface area contributed by atoms with E-state index in [2.05, 4.69) is 5.32 Å². The summed E-state index contributed by atoms with van der Waals surface area (Å²) < 4.78 is 5.18. The molecule has 1 heterocycles. The first kappa shape index (κ1) is 16.3. The molecule has 1 N–H and O–H groups in total. The van der Waals surface area contributed by atoms with Crippen molar-refractivity contribution in [1.29, 1.82) is 0 Å². The maximum atomic E-state index is 12.4. The molecule has 1 atom stereocenters. The maximum Gasteiger partial charge on any atom is 0.229 e. The number of methoxy groups -OCH3 is 1. The van der Waals surface area contributed by atoms with E-state index in [0.29, 0.717) is 23.0 Å². The number of amides is 2. The van der Waals surface area contributed by atoms with Gasteiger partial charge in [0.15, 0.2) is 0 Å². The van der Waals surface area contributed by atoms with Crippen molar-refractivity contribution < 1.29 is 14.3 Å². The van der Waals surface area contributed by atoms with Crippen LogP contribution in [0.4, 0.5) is 11.4 Å². The topological polar surface area (TPSA) is 58.6 Å². The number of nitrogens with zero attached hydrogens (tertiary/aromatic N) is 1. The molecule has 0 unspecified atom stereocenters. The average Bonchev–Trinajstić information content (AvgIpc) is 2.99. The van der Waals surface area contributed by atoms with Gasteiger partial charge in [-0.1, -0.05) is 29.8 Å². The number of para-hydroxylation sites is 1. The van der Waals surface area contributed by atoms with Crippen molar-refractivity contribution >= 4 is 34.8 Å².